The zero-order chi connectivity index (χ0) is 29.3. The Labute approximate surface area is 248 Å². The molecule has 2 N–H and O–H groups in total. The molecule has 1 aliphatic carbocycles. The third kappa shape index (κ3) is 6.99. The van der Waals surface area contributed by atoms with Gasteiger partial charge in [0.05, 0.1) is 28.5 Å². The maximum Gasteiger partial charge on any atom is 0.253 e. The molecule has 3 fully saturated rings. The third-order valence-corrected chi connectivity index (χ3v) is 9.26. The van der Waals surface area contributed by atoms with Crippen molar-refractivity contribution in [3.63, 3.8) is 0 Å². The van der Waals surface area contributed by atoms with E-state index in [1.807, 2.05) is 26.0 Å². The monoisotopic (exact) mass is 584 g/mol. The number of rotatable bonds is 9. The number of amides is 1. The fourth-order valence-electron chi connectivity index (χ4n) is 6.83. The van der Waals surface area contributed by atoms with Gasteiger partial charge < -0.3 is 24.7 Å². The number of halogens is 1. The molecule has 1 amide bonds. The summed E-state index contributed by atoms with van der Waals surface area (Å²) < 4.78 is 11.6. The van der Waals surface area contributed by atoms with Crippen LogP contribution in [0.15, 0.2) is 23.0 Å². The summed E-state index contributed by atoms with van der Waals surface area (Å²) in [5.41, 5.74) is 4.62. The first-order valence-electron chi connectivity index (χ1n) is 15.2. The van der Waals surface area contributed by atoms with Crippen LogP contribution in [0.3, 0.4) is 0 Å². The highest BCUT2D eigenvalue weighted by atomic mass is 35.5. The largest absolute Gasteiger partial charge is 0.381 e. The molecule has 5 rings (SSSR count). The van der Waals surface area contributed by atoms with Crippen molar-refractivity contribution in [3.05, 3.63) is 61.5 Å². The van der Waals surface area contributed by atoms with Crippen molar-refractivity contribution in [2.24, 2.45) is 5.92 Å². The molecule has 41 heavy (non-hydrogen) atoms. The van der Waals surface area contributed by atoms with Gasteiger partial charge in [-0.25, -0.2) is 0 Å². The number of hydrogen-bond donors (Lipinski definition) is 2. The summed E-state index contributed by atoms with van der Waals surface area (Å²) >= 11 is 7.06. The van der Waals surface area contributed by atoms with Crippen molar-refractivity contribution in [1.82, 2.24) is 15.2 Å². The Morgan fingerprint density at radius 3 is 2.51 bits per heavy atom. The Hall–Kier alpha value is -2.39. The summed E-state index contributed by atoms with van der Waals surface area (Å²) in [6, 6.07) is 6.45. The first kappa shape index (κ1) is 30.1. The molecule has 2 saturated heterocycles. The molecule has 4 unspecified atom stereocenters. The number of aromatic nitrogens is 1. The van der Waals surface area contributed by atoms with Crippen LogP contribution in [0.25, 0.3) is 0 Å². The van der Waals surface area contributed by atoms with Crippen molar-refractivity contribution in [2.45, 2.75) is 84.6 Å². The summed E-state index contributed by atoms with van der Waals surface area (Å²) in [7, 11) is 0. The third-order valence-electron chi connectivity index (χ3n) is 8.86. The number of ether oxygens (including phenoxy) is 2. The maximum absolute atomic E-state index is 13.7. The maximum atomic E-state index is 13.7. The van der Waals surface area contributed by atoms with Gasteiger partial charge in [0.25, 0.3) is 11.5 Å². The van der Waals surface area contributed by atoms with Crippen molar-refractivity contribution in [3.8, 4) is 0 Å². The zero-order valence-electron chi connectivity index (χ0n) is 25.1. The first-order valence-corrected chi connectivity index (χ1v) is 15.6. The molecular weight excluding hydrogens is 540 g/mol. The van der Waals surface area contributed by atoms with E-state index in [-0.39, 0.29) is 30.2 Å². The highest BCUT2D eigenvalue weighted by molar-refractivity contribution is 6.36. The average molecular weight is 585 g/mol. The summed E-state index contributed by atoms with van der Waals surface area (Å²) in [6.45, 7) is 15.5. The van der Waals surface area contributed by atoms with Gasteiger partial charge in [0.15, 0.2) is 0 Å². The van der Waals surface area contributed by atoms with Crippen LogP contribution in [0.2, 0.25) is 5.02 Å². The second-order valence-electron chi connectivity index (χ2n) is 12.2. The molecule has 0 spiro atoms. The molecule has 3 heterocycles. The lowest BCUT2D eigenvalue weighted by Gasteiger charge is -2.36. The summed E-state index contributed by atoms with van der Waals surface area (Å²) in [5.74, 6) is 0.680. The number of aromatic amines is 1. The van der Waals surface area contributed by atoms with E-state index >= 15 is 0 Å². The molecule has 3 aliphatic rings. The average Bonchev–Trinajstić information content (AvgIpc) is 3.68. The molecule has 1 aromatic heterocycles. The Balaban J connectivity index is 1.41. The Kier molecular flexibility index (Phi) is 9.43. The molecule has 224 valence electrons. The standard InChI is InChI=1S/C32H45ClN4O4/c1-6-37(25-7-9-40-10-8-25)29-14-23(26-13-24(26)18-36-16-21(4)41-22(5)17-36)12-27(30(29)33)31(38)34-15-28-19(2)11-20(3)35-32(28)39/h11-12,14,21-22,24-26H,6-10,13,15-18H2,1-5H3,(H,34,38)(H,35,39). The lowest BCUT2D eigenvalue weighted by molar-refractivity contribution is -0.0690. The van der Waals surface area contributed by atoms with Gasteiger partial charge in [0.2, 0.25) is 0 Å². The van der Waals surface area contributed by atoms with Crippen molar-refractivity contribution >= 4 is 23.2 Å². The van der Waals surface area contributed by atoms with Gasteiger partial charge in [0, 0.05) is 63.2 Å². The van der Waals surface area contributed by atoms with Crippen LogP contribution in [-0.4, -0.2) is 73.4 Å². The number of pyridine rings is 1. The van der Waals surface area contributed by atoms with Crippen LogP contribution >= 0.6 is 11.6 Å². The fourth-order valence-corrected chi connectivity index (χ4v) is 7.13. The van der Waals surface area contributed by atoms with E-state index in [0.29, 0.717) is 34.0 Å². The second-order valence-corrected chi connectivity index (χ2v) is 12.6. The van der Waals surface area contributed by atoms with Gasteiger partial charge in [-0.3, -0.25) is 14.5 Å². The van der Waals surface area contributed by atoms with Crippen LogP contribution in [0.4, 0.5) is 5.69 Å². The molecule has 1 saturated carbocycles. The SMILES string of the molecule is CCN(c1cc(C2CC2CN2CC(C)OC(C)C2)cc(C(=O)NCc2c(C)cc(C)[nH]c2=O)c1Cl)C1CCOCC1. The quantitative estimate of drug-likeness (QED) is 0.441. The predicted molar refractivity (Wildman–Crippen MR) is 163 cm³/mol. The van der Waals surface area contributed by atoms with E-state index in [4.69, 9.17) is 21.1 Å². The zero-order valence-corrected chi connectivity index (χ0v) is 25.9. The summed E-state index contributed by atoms with van der Waals surface area (Å²) in [5, 5.41) is 3.46. The van der Waals surface area contributed by atoms with Crippen molar-refractivity contribution < 1.29 is 14.3 Å². The number of hydrogen-bond acceptors (Lipinski definition) is 6. The lowest BCUT2D eigenvalue weighted by Crippen LogP contribution is -2.46. The van der Waals surface area contributed by atoms with E-state index in [9.17, 15) is 9.59 Å². The van der Waals surface area contributed by atoms with Crippen LogP contribution in [-0.2, 0) is 16.0 Å². The summed E-state index contributed by atoms with van der Waals surface area (Å²) in [4.78, 5) is 33.9. The van der Waals surface area contributed by atoms with E-state index in [1.54, 1.807) is 0 Å². The van der Waals surface area contributed by atoms with Crippen LogP contribution < -0.4 is 15.8 Å². The lowest BCUT2D eigenvalue weighted by atomic mass is 10.00. The summed E-state index contributed by atoms with van der Waals surface area (Å²) in [6.07, 6.45) is 3.46. The minimum Gasteiger partial charge on any atom is -0.381 e. The first-order chi connectivity index (χ1) is 19.6. The minimum absolute atomic E-state index is 0.146. The smallest absolute Gasteiger partial charge is 0.253 e. The van der Waals surface area contributed by atoms with E-state index in [2.05, 4.69) is 46.9 Å². The molecule has 1 aromatic carbocycles. The number of carbonyl (C=O) groups is 1. The van der Waals surface area contributed by atoms with Gasteiger partial charge in [-0.05, 0) is 95.0 Å². The molecule has 8 nitrogen and oxygen atoms in total. The number of anilines is 1. The number of H-pyrrole nitrogens is 1. The van der Waals surface area contributed by atoms with Crippen LogP contribution in [0, 0.1) is 19.8 Å². The molecule has 2 aliphatic heterocycles. The van der Waals surface area contributed by atoms with Crippen LogP contribution in [0.5, 0.6) is 0 Å². The fraction of sp³-hybridized carbons (Fsp3) is 0.625. The normalized spacial score (nSPS) is 25.2. The topological polar surface area (TPSA) is 86.9 Å². The van der Waals surface area contributed by atoms with Crippen LogP contribution in [0.1, 0.15) is 78.7 Å². The predicted octanol–water partition coefficient (Wildman–Crippen LogP) is 4.79. The number of benzene rings is 1. The molecule has 0 radical (unpaired) electrons. The van der Waals surface area contributed by atoms with Gasteiger partial charge in [-0.15, -0.1) is 0 Å². The number of nitrogens with zero attached hydrogens (tertiary/aromatic N) is 2. The van der Waals surface area contributed by atoms with Crippen molar-refractivity contribution in [1.29, 1.82) is 0 Å². The molecule has 2 aromatic rings. The Morgan fingerprint density at radius 2 is 1.85 bits per heavy atom. The number of morpholine rings is 1. The van der Waals surface area contributed by atoms with E-state index < -0.39 is 0 Å². The minimum atomic E-state index is -0.256. The molecule has 4 atom stereocenters. The highest BCUT2D eigenvalue weighted by Gasteiger charge is 2.41. The Bertz CT molecular complexity index is 1300. The number of nitrogens with one attached hydrogen (secondary N) is 2. The Morgan fingerprint density at radius 1 is 1.15 bits per heavy atom. The van der Waals surface area contributed by atoms with Gasteiger partial charge in [-0.1, -0.05) is 11.6 Å². The van der Waals surface area contributed by atoms with Gasteiger partial charge in [-0.2, -0.15) is 0 Å². The van der Waals surface area contributed by atoms with Gasteiger partial charge in [0.1, 0.15) is 0 Å². The molecular formula is C32H45ClN4O4. The highest BCUT2D eigenvalue weighted by Crippen LogP contribution is 2.50. The number of carbonyl (C=O) groups excluding carboxylic acids is 1. The number of aryl methyl sites for hydroxylation is 2. The van der Waals surface area contributed by atoms with E-state index in [1.165, 1.54) is 5.56 Å². The van der Waals surface area contributed by atoms with E-state index in [0.717, 1.165) is 75.6 Å². The van der Waals surface area contributed by atoms with Gasteiger partial charge >= 0.3 is 0 Å². The second kappa shape index (κ2) is 12.9. The van der Waals surface area contributed by atoms with Crippen molar-refractivity contribution in [2.75, 3.05) is 44.3 Å². The molecule has 9 heteroatoms. The molecule has 0 bridgehead atoms.